The van der Waals surface area contributed by atoms with Gasteiger partial charge in [-0.3, -0.25) is 0 Å². The average molecular weight is 467 g/mol. The fraction of sp³-hybridized carbons (Fsp3) is 0.125. The molecule has 1 aliphatic heterocycles. The van der Waals surface area contributed by atoms with E-state index in [0.29, 0.717) is 0 Å². The van der Waals surface area contributed by atoms with Crippen molar-refractivity contribution in [2.75, 3.05) is 6.61 Å². The summed E-state index contributed by atoms with van der Waals surface area (Å²) in [5.74, 6) is -1.32. The van der Waals surface area contributed by atoms with Crippen LogP contribution in [0.1, 0.15) is 22.7 Å². The van der Waals surface area contributed by atoms with Gasteiger partial charge in [-0.2, -0.15) is 0 Å². The summed E-state index contributed by atoms with van der Waals surface area (Å²) in [5, 5.41) is 1.19. The van der Waals surface area contributed by atoms with Crippen molar-refractivity contribution in [1.29, 1.82) is 0 Å². The summed E-state index contributed by atoms with van der Waals surface area (Å²) in [5.41, 5.74) is 3.07. The van der Waals surface area contributed by atoms with Crippen LogP contribution in [0.4, 0.5) is 8.78 Å². The van der Waals surface area contributed by atoms with Gasteiger partial charge in [0.05, 0.1) is 0 Å². The van der Waals surface area contributed by atoms with Gasteiger partial charge < -0.3 is 9.30 Å². The Morgan fingerprint density at radius 3 is 2.53 bits per heavy atom. The molecule has 0 aliphatic carbocycles. The zero-order valence-electron chi connectivity index (χ0n) is 15.9. The molecule has 1 unspecified atom stereocenters. The molecule has 5 rings (SSSR count). The maximum absolute atomic E-state index is 14.0. The third-order valence-electron chi connectivity index (χ3n) is 5.28. The van der Waals surface area contributed by atoms with Gasteiger partial charge in [0.1, 0.15) is 29.8 Å². The van der Waals surface area contributed by atoms with E-state index in [1.165, 1.54) is 29.1 Å². The van der Waals surface area contributed by atoms with Gasteiger partial charge in [-0.25, -0.2) is 13.8 Å². The van der Waals surface area contributed by atoms with Crippen molar-refractivity contribution < 1.29 is 13.5 Å². The minimum atomic E-state index is -0.671. The molecule has 0 radical (unpaired) electrons. The number of benzene rings is 3. The number of aromatic nitrogens is 1. The van der Waals surface area contributed by atoms with E-state index < -0.39 is 11.6 Å². The summed E-state index contributed by atoms with van der Waals surface area (Å²) in [6.45, 7) is 1.01. The zero-order chi connectivity index (χ0) is 20.7. The first-order valence-electron chi connectivity index (χ1n) is 9.57. The van der Waals surface area contributed by atoms with E-state index in [-0.39, 0.29) is 24.1 Å². The average Bonchev–Trinajstić information content (AvgIpc) is 3.36. The van der Waals surface area contributed by atoms with Crippen molar-refractivity contribution >= 4 is 32.7 Å². The predicted molar refractivity (Wildman–Crippen MR) is 117 cm³/mol. The van der Waals surface area contributed by atoms with E-state index in [4.69, 9.17) is 4.74 Å². The summed E-state index contributed by atoms with van der Waals surface area (Å²) in [4.78, 5) is 4.41. The first kappa shape index (κ1) is 19.0. The second-order valence-electron chi connectivity index (χ2n) is 7.25. The summed E-state index contributed by atoms with van der Waals surface area (Å²) in [7, 11) is 0. The number of halogens is 3. The Kier molecular flexibility index (Phi) is 4.87. The lowest BCUT2D eigenvalue weighted by Gasteiger charge is -2.09. The van der Waals surface area contributed by atoms with E-state index in [1.807, 2.05) is 18.2 Å². The molecule has 0 spiro atoms. The maximum atomic E-state index is 14.0. The topological polar surface area (TPSA) is 26.5 Å². The Bertz CT molecular complexity index is 1240. The Balaban J connectivity index is 1.36. The summed E-state index contributed by atoms with van der Waals surface area (Å²) in [6.07, 6.45) is 2.08. The van der Waals surface area contributed by atoms with Crippen LogP contribution < -0.4 is 0 Å². The van der Waals surface area contributed by atoms with Crippen LogP contribution in [-0.4, -0.2) is 17.1 Å². The standard InChI is InChI=1S/C24H17BrF2N2O/c25-18-8-9-22-17(12-18)10-11-29(22)13-15-4-6-16(7-5-15)21-14-30-24(28-21)23-19(26)2-1-3-20(23)27/h1-12,21H,13-14H2. The fourth-order valence-electron chi connectivity index (χ4n) is 3.73. The molecular weight excluding hydrogens is 450 g/mol. The molecule has 1 aliphatic rings. The fourth-order valence-corrected chi connectivity index (χ4v) is 4.11. The lowest BCUT2D eigenvalue weighted by Crippen LogP contribution is -2.07. The van der Waals surface area contributed by atoms with Crippen molar-refractivity contribution in [3.63, 3.8) is 0 Å². The van der Waals surface area contributed by atoms with E-state index in [9.17, 15) is 8.78 Å². The smallest absolute Gasteiger partial charge is 0.222 e. The molecule has 6 heteroatoms. The number of aliphatic imine (C=N–C) groups is 1. The molecule has 150 valence electrons. The lowest BCUT2D eigenvalue weighted by molar-refractivity contribution is 0.317. The van der Waals surface area contributed by atoms with E-state index >= 15 is 0 Å². The highest BCUT2D eigenvalue weighted by atomic mass is 79.9. The Morgan fingerprint density at radius 1 is 1.00 bits per heavy atom. The summed E-state index contributed by atoms with van der Waals surface area (Å²) < 4.78 is 36.8. The number of rotatable bonds is 4. The molecule has 0 fully saturated rings. The van der Waals surface area contributed by atoms with Crippen LogP contribution in [0.3, 0.4) is 0 Å². The molecule has 1 aromatic heterocycles. The zero-order valence-corrected chi connectivity index (χ0v) is 17.4. The van der Waals surface area contributed by atoms with Crippen molar-refractivity contribution in [2.24, 2.45) is 4.99 Å². The van der Waals surface area contributed by atoms with Gasteiger partial charge in [0.2, 0.25) is 5.90 Å². The molecule has 0 N–H and O–H groups in total. The monoisotopic (exact) mass is 466 g/mol. The number of ether oxygens (including phenoxy) is 1. The molecule has 30 heavy (non-hydrogen) atoms. The number of hydrogen-bond acceptors (Lipinski definition) is 2. The summed E-state index contributed by atoms with van der Waals surface area (Å²) >= 11 is 3.50. The Labute approximate surface area is 180 Å². The molecular formula is C24H17BrF2N2O. The van der Waals surface area contributed by atoms with Crippen molar-refractivity contribution in [3.8, 4) is 0 Å². The quantitative estimate of drug-likeness (QED) is 0.349. The SMILES string of the molecule is Fc1cccc(F)c1C1=NC(c2ccc(Cn3ccc4cc(Br)ccc43)cc2)CO1. The van der Waals surface area contributed by atoms with Crippen LogP contribution in [0.15, 0.2) is 82.4 Å². The maximum Gasteiger partial charge on any atom is 0.222 e. The molecule has 3 nitrogen and oxygen atoms in total. The Hall–Kier alpha value is -2.99. The molecule has 2 heterocycles. The Morgan fingerprint density at radius 2 is 1.77 bits per heavy atom. The van der Waals surface area contributed by atoms with Crippen LogP contribution in [0.2, 0.25) is 0 Å². The molecule has 4 aromatic rings. The minimum absolute atomic E-state index is 0.0182. The second kappa shape index (κ2) is 7.69. The molecule has 3 aromatic carbocycles. The predicted octanol–water partition coefficient (Wildman–Crippen LogP) is 6.25. The second-order valence-corrected chi connectivity index (χ2v) is 8.16. The van der Waals surface area contributed by atoms with Gasteiger partial charge >= 0.3 is 0 Å². The van der Waals surface area contributed by atoms with Gasteiger partial charge in [0, 0.05) is 28.1 Å². The van der Waals surface area contributed by atoms with Crippen molar-refractivity contribution in [2.45, 2.75) is 12.6 Å². The van der Waals surface area contributed by atoms with Gasteiger partial charge in [-0.05, 0) is 47.5 Å². The summed E-state index contributed by atoms with van der Waals surface area (Å²) in [6, 6.07) is 19.9. The van der Waals surface area contributed by atoms with Crippen LogP contribution in [0.5, 0.6) is 0 Å². The molecule has 0 saturated carbocycles. The van der Waals surface area contributed by atoms with Gasteiger partial charge in [0.25, 0.3) is 0 Å². The van der Waals surface area contributed by atoms with Crippen molar-refractivity contribution in [1.82, 2.24) is 4.57 Å². The van der Waals surface area contributed by atoms with Crippen LogP contribution in [0.25, 0.3) is 10.9 Å². The molecule has 0 saturated heterocycles. The van der Waals surface area contributed by atoms with Gasteiger partial charge in [0.15, 0.2) is 0 Å². The van der Waals surface area contributed by atoms with Crippen LogP contribution in [-0.2, 0) is 11.3 Å². The molecule has 0 bridgehead atoms. The largest absolute Gasteiger partial charge is 0.475 e. The third-order valence-corrected chi connectivity index (χ3v) is 5.77. The minimum Gasteiger partial charge on any atom is -0.475 e. The first-order valence-corrected chi connectivity index (χ1v) is 10.4. The number of fused-ring (bicyclic) bond motifs is 1. The highest BCUT2D eigenvalue weighted by molar-refractivity contribution is 9.10. The van der Waals surface area contributed by atoms with Crippen LogP contribution in [0, 0.1) is 11.6 Å². The van der Waals surface area contributed by atoms with Crippen LogP contribution >= 0.6 is 15.9 Å². The number of hydrogen-bond donors (Lipinski definition) is 0. The van der Waals surface area contributed by atoms with Gasteiger partial charge in [-0.15, -0.1) is 0 Å². The normalized spacial score (nSPS) is 16.0. The molecule has 1 atom stereocenters. The lowest BCUT2D eigenvalue weighted by atomic mass is 10.1. The first-order chi connectivity index (χ1) is 14.6. The van der Waals surface area contributed by atoms with Gasteiger partial charge in [-0.1, -0.05) is 46.3 Å². The highest BCUT2D eigenvalue weighted by Gasteiger charge is 2.26. The number of nitrogens with zero attached hydrogens (tertiary/aromatic N) is 2. The van der Waals surface area contributed by atoms with E-state index in [0.717, 1.165) is 22.1 Å². The molecule has 0 amide bonds. The van der Waals surface area contributed by atoms with E-state index in [1.54, 1.807) is 0 Å². The third kappa shape index (κ3) is 3.52. The highest BCUT2D eigenvalue weighted by Crippen LogP contribution is 2.28. The van der Waals surface area contributed by atoms with E-state index in [2.05, 4.69) is 62.0 Å². The van der Waals surface area contributed by atoms with Crippen molar-refractivity contribution in [3.05, 3.63) is 106 Å².